The topological polar surface area (TPSA) is 86.8 Å². The van der Waals surface area contributed by atoms with Crippen LogP contribution in [0.1, 0.15) is 31.2 Å². The van der Waals surface area contributed by atoms with Crippen LogP contribution in [0.4, 0.5) is 4.39 Å². The Labute approximate surface area is 141 Å². The number of carbonyl (C=O) groups is 1. The fourth-order valence-corrected chi connectivity index (χ4v) is 3.80. The largest absolute Gasteiger partial charge is 0.396 e. The van der Waals surface area contributed by atoms with Gasteiger partial charge >= 0.3 is 0 Å². The zero-order chi connectivity index (χ0) is 17.4. The molecule has 0 aromatic heterocycles. The molecule has 2 atom stereocenters. The number of hydrogen-bond acceptors (Lipinski definition) is 4. The predicted molar refractivity (Wildman–Crippen MR) is 87.6 cm³/mol. The van der Waals surface area contributed by atoms with E-state index in [0.717, 1.165) is 12.0 Å². The zero-order valence-electron chi connectivity index (χ0n) is 13.7. The zero-order valence-corrected chi connectivity index (χ0v) is 13.7. The van der Waals surface area contributed by atoms with Gasteiger partial charge in [0.1, 0.15) is 5.82 Å². The molecule has 2 aliphatic rings. The van der Waals surface area contributed by atoms with Crippen LogP contribution in [0.5, 0.6) is 0 Å². The Bertz CT molecular complexity index is 603. The number of nitrogens with two attached hydrogens (primary N) is 1. The summed E-state index contributed by atoms with van der Waals surface area (Å²) in [7, 11) is 0. The van der Waals surface area contributed by atoms with E-state index in [9.17, 15) is 19.4 Å². The van der Waals surface area contributed by atoms with Crippen molar-refractivity contribution in [2.24, 2.45) is 11.1 Å². The summed E-state index contributed by atoms with van der Waals surface area (Å²) in [5.74, 6) is -0.412. The molecule has 1 aromatic rings. The standard InChI is InChI=1S/C18H25FN2O3/c19-14-4-2-13(3-5-14)10-17(12-22)11-21(9-6-15(17)23)16(24)18(20)7-1-8-18/h2-5,15,22-23H,1,6-12,20H2/t15-,17-/m0/s1. The lowest BCUT2D eigenvalue weighted by atomic mass is 9.71. The van der Waals surface area contributed by atoms with Gasteiger partial charge in [-0.05, 0) is 49.8 Å². The molecular weight excluding hydrogens is 311 g/mol. The highest BCUT2D eigenvalue weighted by molar-refractivity contribution is 5.87. The van der Waals surface area contributed by atoms with Crippen molar-refractivity contribution in [1.82, 2.24) is 4.90 Å². The van der Waals surface area contributed by atoms with Crippen molar-refractivity contribution in [2.45, 2.75) is 43.7 Å². The second-order valence-electron chi connectivity index (χ2n) is 7.36. The molecular formula is C18H25FN2O3. The first-order chi connectivity index (χ1) is 11.4. The molecule has 2 fully saturated rings. The Hall–Kier alpha value is -1.50. The molecule has 24 heavy (non-hydrogen) atoms. The molecule has 0 bridgehead atoms. The molecule has 3 rings (SSSR count). The third-order valence-electron chi connectivity index (χ3n) is 5.63. The normalized spacial score (nSPS) is 29.2. The van der Waals surface area contributed by atoms with Crippen LogP contribution in [-0.2, 0) is 11.2 Å². The van der Waals surface area contributed by atoms with Gasteiger partial charge in [0.15, 0.2) is 0 Å². The summed E-state index contributed by atoms with van der Waals surface area (Å²) in [6, 6.07) is 6.02. The molecule has 6 heteroatoms. The lowest BCUT2D eigenvalue weighted by molar-refractivity contribution is -0.150. The number of piperidine rings is 1. The van der Waals surface area contributed by atoms with E-state index in [1.807, 2.05) is 0 Å². The summed E-state index contributed by atoms with van der Waals surface area (Å²) in [5.41, 5.74) is 5.36. The van der Waals surface area contributed by atoms with Crippen LogP contribution >= 0.6 is 0 Å². The number of benzene rings is 1. The number of carbonyl (C=O) groups excluding carboxylic acids is 1. The van der Waals surface area contributed by atoms with Crippen molar-refractivity contribution < 1.29 is 19.4 Å². The van der Waals surface area contributed by atoms with Crippen molar-refractivity contribution in [1.29, 1.82) is 0 Å². The van der Waals surface area contributed by atoms with Gasteiger partial charge in [0.25, 0.3) is 0 Å². The van der Waals surface area contributed by atoms with E-state index >= 15 is 0 Å². The first kappa shape index (κ1) is 17.3. The van der Waals surface area contributed by atoms with Crippen molar-refractivity contribution in [3.63, 3.8) is 0 Å². The van der Waals surface area contributed by atoms with E-state index in [-0.39, 0.29) is 24.9 Å². The number of aliphatic hydroxyl groups excluding tert-OH is 2. The first-order valence-corrected chi connectivity index (χ1v) is 8.50. The Kier molecular flexibility index (Phi) is 4.64. The minimum absolute atomic E-state index is 0.0856. The average molecular weight is 336 g/mol. The maximum atomic E-state index is 13.1. The van der Waals surface area contributed by atoms with Crippen molar-refractivity contribution in [3.05, 3.63) is 35.6 Å². The van der Waals surface area contributed by atoms with Gasteiger partial charge in [0.05, 0.1) is 18.2 Å². The number of likely N-dealkylation sites (tertiary alicyclic amines) is 1. The lowest BCUT2D eigenvalue weighted by Crippen LogP contribution is -2.64. The molecule has 0 radical (unpaired) electrons. The average Bonchev–Trinajstić information content (AvgIpc) is 2.56. The van der Waals surface area contributed by atoms with Gasteiger partial charge < -0.3 is 20.8 Å². The Morgan fingerprint density at radius 1 is 1.33 bits per heavy atom. The highest BCUT2D eigenvalue weighted by Gasteiger charge is 2.48. The minimum atomic E-state index is -0.841. The smallest absolute Gasteiger partial charge is 0.242 e. The number of amides is 1. The maximum Gasteiger partial charge on any atom is 0.242 e. The molecule has 0 spiro atoms. The van der Waals surface area contributed by atoms with Gasteiger partial charge in [-0.25, -0.2) is 4.39 Å². The molecule has 1 saturated heterocycles. The molecule has 1 aliphatic carbocycles. The molecule has 1 aromatic carbocycles. The van der Waals surface area contributed by atoms with Gasteiger partial charge in [-0.15, -0.1) is 0 Å². The second-order valence-corrected chi connectivity index (χ2v) is 7.36. The predicted octanol–water partition coefficient (Wildman–Crippen LogP) is 0.822. The van der Waals surface area contributed by atoms with E-state index in [2.05, 4.69) is 0 Å². The van der Waals surface area contributed by atoms with Crippen LogP contribution < -0.4 is 5.73 Å². The fraction of sp³-hybridized carbons (Fsp3) is 0.611. The van der Waals surface area contributed by atoms with Crippen LogP contribution in [-0.4, -0.2) is 52.4 Å². The van der Waals surface area contributed by atoms with E-state index in [0.29, 0.717) is 32.2 Å². The summed E-state index contributed by atoms with van der Waals surface area (Å²) >= 11 is 0. The van der Waals surface area contributed by atoms with E-state index in [1.54, 1.807) is 17.0 Å². The Morgan fingerprint density at radius 2 is 2.00 bits per heavy atom. The quantitative estimate of drug-likeness (QED) is 0.760. The minimum Gasteiger partial charge on any atom is -0.396 e. The third-order valence-corrected chi connectivity index (χ3v) is 5.63. The Morgan fingerprint density at radius 3 is 2.54 bits per heavy atom. The van der Waals surface area contributed by atoms with Gasteiger partial charge in [0.2, 0.25) is 5.91 Å². The SMILES string of the molecule is NC1(C(=O)N2CC[C@H](O)[C@@](CO)(Cc3ccc(F)cc3)C2)CCC1. The third kappa shape index (κ3) is 3.06. The summed E-state index contributed by atoms with van der Waals surface area (Å²) in [5, 5.41) is 20.5. The molecule has 132 valence electrons. The number of rotatable bonds is 4. The summed E-state index contributed by atoms with van der Waals surface area (Å²) in [4.78, 5) is 14.4. The Balaban J connectivity index is 1.79. The molecule has 1 heterocycles. The van der Waals surface area contributed by atoms with Gasteiger partial charge in [-0.1, -0.05) is 12.1 Å². The van der Waals surface area contributed by atoms with E-state index in [1.165, 1.54) is 12.1 Å². The highest BCUT2D eigenvalue weighted by atomic mass is 19.1. The summed E-state index contributed by atoms with van der Waals surface area (Å²) in [6.07, 6.45) is 2.41. The van der Waals surface area contributed by atoms with E-state index < -0.39 is 17.1 Å². The molecule has 5 nitrogen and oxygen atoms in total. The maximum absolute atomic E-state index is 13.1. The number of hydrogen-bond donors (Lipinski definition) is 3. The van der Waals surface area contributed by atoms with Crippen molar-refractivity contribution in [3.8, 4) is 0 Å². The number of aliphatic hydroxyl groups is 2. The van der Waals surface area contributed by atoms with Crippen molar-refractivity contribution in [2.75, 3.05) is 19.7 Å². The van der Waals surface area contributed by atoms with Crippen molar-refractivity contribution >= 4 is 5.91 Å². The molecule has 1 aliphatic heterocycles. The van der Waals surface area contributed by atoms with Crippen LogP contribution in [0.25, 0.3) is 0 Å². The van der Waals surface area contributed by atoms with Gasteiger partial charge in [-0.2, -0.15) is 0 Å². The molecule has 1 amide bonds. The van der Waals surface area contributed by atoms with Crippen LogP contribution in [0.2, 0.25) is 0 Å². The first-order valence-electron chi connectivity index (χ1n) is 8.50. The highest BCUT2D eigenvalue weighted by Crippen LogP contribution is 2.37. The molecule has 4 N–H and O–H groups in total. The van der Waals surface area contributed by atoms with Crippen LogP contribution in [0, 0.1) is 11.2 Å². The molecule has 1 saturated carbocycles. The summed E-state index contributed by atoms with van der Waals surface area (Å²) in [6.45, 7) is 0.469. The second kappa shape index (κ2) is 6.43. The summed E-state index contributed by atoms with van der Waals surface area (Å²) < 4.78 is 13.1. The van der Waals surface area contributed by atoms with Gasteiger partial charge in [-0.3, -0.25) is 4.79 Å². The number of nitrogens with zero attached hydrogens (tertiary/aromatic N) is 1. The van der Waals surface area contributed by atoms with E-state index in [4.69, 9.17) is 5.73 Å². The van der Waals surface area contributed by atoms with Gasteiger partial charge in [0, 0.05) is 18.5 Å². The van der Waals surface area contributed by atoms with Crippen LogP contribution in [0.3, 0.4) is 0 Å². The monoisotopic (exact) mass is 336 g/mol. The fourth-order valence-electron chi connectivity index (χ4n) is 3.80. The molecule has 0 unspecified atom stereocenters. The lowest BCUT2D eigenvalue weighted by Gasteiger charge is -2.49. The number of halogens is 1. The van der Waals surface area contributed by atoms with Crippen LogP contribution in [0.15, 0.2) is 24.3 Å².